The molecule has 2 heterocycles. The summed E-state index contributed by atoms with van der Waals surface area (Å²) in [5.41, 5.74) is 1.44. The average molecular weight is 385 g/mol. The van der Waals surface area contributed by atoms with Crippen molar-refractivity contribution < 1.29 is 14.3 Å². The molecule has 0 radical (unpaired) electrons. The monoisotopic (exact) mass is 384 g/mol. The first kappa shape index (κ1) is 17.3. The van der Waals surface area contributed by atoms with E-state index in [9.17, 15) is 9.59 Å². The second kappa shape index (κ2) is 6.78. The van der Waals surface area contributed by atoms with E-state index in [1.165, 1.54) is 23.8 Å². The first-order valence-corrected chi connectivity index (χ1v) is 8.95. The van der Waals surface area contributed by atoms with Gasteiger partial charge in [-0.1, -0.05) is 41.0 Å². The van der Waals surface area contributed by atoms with E-state index in [-0.39, 0.29) is 5.91 Å². The maximum atomic E-state index is 12.5. The first-order chi connectivity index (χ1) is 11.4. The molecule has 0 bridgehead atoms. The van der Waals surface area contributed by atoms with Crippen molar-refractivity contribution in [3.8, 4) is 0 Å². The Kier molecular flexibility index (Phi) is 4.90. The summed E-state index contributed by atoms with van der Waals surface area (Å²) in [5.74, 6) is 0.0305. The third-order valence-electron chi connectivity index (χ3n) is 3.87. The molecule has 1 atom stereocenters. The molecule has 0 N–H and O–H groups in total. The van der Waals surface area contributed by atoms with Crippen molar-refractivity contribution in [2.45, 2.75) is 19.4 Å². The minimum absolute atomic E-state index is 0.0996. The van der Waals surface area contributed by atoms with E-state index in [2.05, 4.69) is 4.99 Å². The van der Waals surface area contributed by atoms with Gasteiger partial charge in [-0.2, -0.15) is 0 Å². The number of aliphatic imine (C=N–C) groups is 1. The van der Waals surface area contributed by atoms with Gasteiger partial charge in [0.2, 0.25) is 5.91 Å². The van der Waals surface area contributed by atoms with Crippen LogP contribution in [0.2, 0.25) is 10.0 Å². The number of ether oxygens (including phenoxy) is 1. The lowest BCUT2D eigenvalue weighted by Gasteiger charge is -2.39. The van der Waals surface area contributed by atoms with Crippen molar-refractivity contribution in [2.75, 3.05) is 12.9 Å². The van der Waals surface area contributed by atoms with E-state index in [1.54, 1.807) is 25.1 Å². The Balaban J connectivity index is 2.22. The summed E-state index contributed by atoms with van der Waals surface area (Å²) >= 11 is 13.8. The molecule has 8 heteroatoms. The van der Waals surface area contributed by atoms with E-state index in [4.69, 9.17) is 27.9 Å². The summed E-state index contributed by atoms with van der Waals surface area (Å²) in [6.45, 7) is 1.73. The number of nitrogens with zero attached hydrogens (tertiary/aromatic N) is 2. The molecular weight excluding hydrogens is 371 g/mol. The molecule has 5 nitrogen and oxygen atoms in total. The van der Waals surface area contributed by atoms with Crippen LogP contribution in [-0.2, 0) is 14.3 Å². The van der Waals surface area contributed by atoms with Crippen molar-refractivity contribution >= 4 is 52.0 Å². The topological polar surface area (TPSA) is 59.0 Å². The molecular formula is C16H14Cl2N2O3S. The zero-order valence-corrected chi connectivity index (χ0v) is 15.3. The number of hydrogen-bond donors (Lipinski definition) is 0. The maximum absolute atomic E-state index is 12.5. The molecule has 0 saturated carbocycles. The quantitative estimate of drug-likeness (QED) is 0.727. The van der Waals surface area contributed by atoms with E-state index < -0.39 is 12.0 Å². The summed E-state index contributed by atoms with van der Waals surface area (Å²) in [5, 5.41) is 1.44. The van der Waals surface area contributed by atoms with Crippen LogP contribution in [0.25, 0.3) is 0 Å². The van der Waals surface area contributed by atoms with Gasteiger partial charge < -0.3 is 4.74 Å². The Labute approximate surface area is 153 Å². The van der Waals surface area contributed by atoms with Gasteiger partial charge in [0, 0.05) is 22.2 Å². The van der Waals surface area contributed by atoms with Crippen LogP contribution in [0.3, 0.4) is 0 Å². The van der Waals surface area contributed by atoms with Gasteiger partial charge in [0.1, 0.15) is 0 Å². The number of carbonyl (C=O) groups is 2. The van der Waals surface area contributed by atoms with Gasteiger partial charge in [-0.3, -0.25) is 9.69 Å². The fraction of sp³-hybridized carbons (Fsp3) is 0.312. The van der Waals surface area contributed by atoms with Crippen LogP contribution in [0.4, 0.5) is 0 Å². The standard InChI is InChI=1S/C16H14Cl2N2O3S/c1-8-13(15(22)23-2)14(10-4-3-9(17)7-11(10)18)20-12(21)5-6-24-16(20)19-8/h3-4,7,14H,5-6H2,1-2H3. The molecule has 1 aromatic carbocycles. The van der Waals surface area contributed by atoms with Gasteiger partial charge in [-0.05, 0) is 24.6 Å². The number of allylic oxidation sites excluding steroid dienone is 1. The van der Waals surface area contributed by atoms with Gasteiger partial charge in [-0.15, -0.1) is 0 Å². The molecule has 1 amide bonds. The largest absolute Gasteiger partial charge is 0.466 e. The predicted octanol–water partition coefficient (Wildman–Crippen LogP) is 3.82. The zero-order chi connectivity index (χ0) is 17.4. The highest BCUT2D eigenvalue weighted by Crippen LogP contribution is 2.42. The van der Waals surface area contributed by atoms with E-state index in [1.807, 2.05) is 0 Å². The van der Waals surface area contributed by atoms with Crippen LogP contribution in [0, 0.1) is 0 Å². The van der Waals surface area contributed by atoms with E-state index in [0.717, 1.165) is 0 Å². The van der Waals surface area contributed by atoms with Gasteiger partial charge in [0.15, 0.2) is 5.17 Å². The van der Waals surface area contributed by atoms with Crippen molar-refractivity contribution in [2.24, 2.45) is 4.99 Å². The third-order valence-corrected chi connectivity index (χ3v) is 5.39. The number of carbonyl (C=O) groups excluding carboxylic acids is 2. The molecule has 2 aliphatic heterocycles. The number of fused-ring (bicyclic) bond motifs is 1. The van der Waals surface area contributed by atoms with Crippen LogP contribution in [0.1, 0.15) is 24.9 Å². The molecule has 1 saturated heterocycles. The fourth-order valence-electron chi connectivity index (χ4n) is 2.78. The number of amides is 1. The highest BCUT2D eigenvalue weighted by atomic mass is 35.5. The Hall–Kier alpha value is -1.50. The molecule has 126 valence electrons. The third kappa shape index (κ3) is 2.94. The van der Waals surface area contributed by atoms with Gasteiger partial charge in [-0.25, -0.2) is 9.79 Å². The number of methoxy groups -OCH3 is 1. The van der Waals surface area contributed by atoms with Gasteiger partial charge >= 0.3 is 5.97 Å². The molecule has 3 rings (SSSR count). The highest BCUT2D eigenvalue weighted by Gasteiger charge is 2.42. The number of benzene rings is 1. The number of esters is 1. The van der Waals surface area contributed by atoms with Crippen LogP contribution in [0.5, 0.6) is 0 Å². The molecule has 24 heavy (non-hydrogen) atoms. The second-order valence-electron chi connectivity index (χ2n) is 5.32. The van der Waals surface area contributed by atoms with Gasteiger partial charge in [0.25, 0.3) is 0 Å². The van der Waals surface area contributed by atoms with Crippen molar-refractivity contribution in [3.05, 3.63) is 45.1 Å². The van der Waals surface area contributed by atoms with Crippen LogP contribution in [0.15, 0.2) is 34.5 Å². The summed E-state index contributed by atoms with van der Waals surface area (Å²) in [4.78, 5) is 30.9. The SMILES string of the molecule is COC(=O)C1=C(C)N=C2SCCC(=O)N2C1c1ccc(Cl)cc1Cl. The Bertz CT molecular complexity index is 792. The smallest absolute Gasteiger partial charge is 0.338 e. The van der Waals surface area contributed by atoms with Crippen LogP contribution in [-0.4, -0.2) is 34.8 Å². The highest BCUT2D eigenvalue weighted by molar-refractivity contribution is 8.14. The summed E-state index contributed by atoms with van der Waals surface area (Å²) in [7, 11) is 1.30. The Morgan fingerprint density at radius 2 is 2.17 bits per heavy atom. The molecule has 2 aliphatic rings. The van der Waals surface area contributed by atoms with E-state index in [0.29, 0.717) is 44.2 Å². The Morgan fingerprint density at radius 1 is 1.42 bits per heavy atom. The molecule has 1 fully saturated rings. The second-order valence-corrected chi connectivity index (χ2v) is 7.22. The minimum Gasteiger partial charge on any atom is -0.466 e. The number of halogens is 2. The Morgan fingerprint density at radius 3 is 2.83 bits per heavy atom. The summed E-state index contributed by atoms with van der Waals surface area (Å²) < 4.78 is 4.91. The lowest BCUT2D eigenvalue weighted by molar-refractivity contribution is -0.137. The summed E-state index contributed by atoms with van der Waals surface area (Å²) in [6.07, 6.45) is 0.374. The number of amidine groups is 1. The average Bonchev–Trinajstić information content (AvgIpc) is 2.53. The summed E-state index contributed by atoms with van der Waals surface area (Å²) in [6, 6.07) is 4.33. The first-order valence-electron chi connectivity index (χ1n) is 7.21. The van der Waals surface area contributed by atoms with Crippen molar-refractivity contribution in [1.29, 1.82) is 0 Å². The van der Waals surface area contributed by atoms with Crippen molar-refractivity contribution in [3.63, 3.8) is 0 Å². The van der Waals surface area contributed by atoms with E-state index >= 15 is 0 Å². The van der Waals surface area contributed by atoms with Gasteiger partial charge in [0.05, 0.1) is 24.4 Å². The molecule has 0 aromatic heterocycles. The van der Waals surface area contributed by atoms with Crippen LogP contribution < -0.4 is 0 Å². The molecule has 0 aliphatic carbocycles. The zero-order valence-electron chi connectivity index (χ0n) is 13.0. The minimum atomic E-state index is -0.671. The number of hydrogen-bond acceptors (Lipinski definition) is 5. The normalized spacial score (nSPS) is 20.7. The lowest BCUT2D eigenvalue weighted by atomic mass is 9.94. The predicted molar refractivity (Wildman–Crippen MR) is 95.3 cm³/mol. The molecule has 1 aromatic rings. The van der Waals surface area contributed by atoms with Crippen molar-refractivity contribution in [1.82, 2.24) is 4.90 Å². The molecule has 0 spiro atoms. The maximum Gasteiger partial charge on any atom is 0.338 e. The molecule has 1 unspecified atom stereocenters. The lowest BCUT2D eigenvalue weighted by Crippen LogP contribution is -2.45. The number of thioether (sulfide) groups is 1. The fourth-order valence-corrected chi connectivity index (χ4v) is 4.30. The van der Waals surface area contributed by atoms with Crippen LogP contribution >= 0.6 is 35.0 Å². The number of rotatable bonds is 2.